The highest BCUT2D eigenvalue weighted by Crippen LogP contribution is 2.17. The van der Waals surface area contributed by atoms with Crippen molar-refractivity contribution >= 4 is 25.5 Å². The van der Waals surface area contributed by atoms with Crippen LogP contribution < -0.4 is 10.0 Å². The van der Waals surface area contributed by atoms with Crippen molar-refractivity contribution in [1.82, 2.24) is 4.72 Å². The van der Waals surface area contributed by atoms with Crippen LogP contribution in [0, 0.1) is 0 Å². The quantitative estimate of drug-likeness (QED) is 0.834. The molecule has 0 fully saturated rings. The van der Waals surface area contributed by atoms with E-state index in [0.29, 0.717) is 12.2 Å². The molecule has 0 aliphatic carbocycles. The van der Waals surface area contributed by atoms with Crippen LogP contribution in [-0.2, 0) is 19.9 Å². The third-order valence-electron chi connectivity index (χ3n) is 2.78. The molecule has 2 rings (SSSR count). The summed E-state index contributed by atoms with van der Waals surface area (Å²) in [5, 5.41) is 4.22. The average molecular weight is 316 g/mol. The maximum Gasteiger partial charge on any atom is 0.240 e. The van der Waals surface area contributed by atoms with E-state index in [1.54, 1.807) is 25.1 Å². The van der Waals surface area contributed by atoms with Gasteiger partial charge in [0.1, 0.15) is 0 Å². The largest absolute Gasteiger partial charge is 0.378 e. The molecule has 1 atom stereocenters. The number of nitrogens with one attached hydrogen (secondary N) is 2. The summed E-state index contributed by atoms with van der Waals surface area (Å²) >= 11 is 0. The minimum absolute atomic E-state index is 0.0183. The van der Waals surface area contributed by atoms with Crippen molar-refractivity contribution in [3.05, 3.63) is 35.7 Å². The second-order valence-corrected chi connectivity index (χ2v) is 8.13. The van der Waals surface area contributed by atoms with Gasteiger partial charge in [0.15, 0.2) is 9.84 Å². The Labute approximate surface area is 118 Å². The highest BCUT2D eigenvalue weighted by molar-refractivity contribution is 7.94. The average Bonchev–Trinajstić information content (AvgIpc) is 2.69. The van der Waals surface area contributed by atoms with Crippen LogP contribution in [-0.4, -0.2) is 35.2 Å². The van der Waals surface area contributed by atoms with Gasteiger partial charge in [-0.1, -0.05) is 13.0 Å². The first-order valence-electron chi connectivity index (χ1n) is 6.09. The molecule has 0 radical (unpaired) electrons. The molecule has 0 spiro atoms. The summed E-state index contributed by atoms with van der Waals surface area (Å²) in [5.41, 5.74) is 0.673. The third kappa shape index (κ3) is 3.59. The van der Waals surface area contributed by atoms with Crippen LogP contribution in [0.25, 0.3) is 0 Å². The molecular formula is C12H16N2O4S2. The van der Waals surface area contributed by atoms with Crippen LogP contribution in [0.1, 0.15) is 6.92 Å². The second-order valence-electron chi connectivity index (χ2n) is 4.43. The zero-order valence-corrected chi connectivity index (χ0v) is 12.5. The van der Waals surface area contributed by atoms with E-state index in [0.717, 1.165) is 0 Å². The number of benzene rings is 1. The molecule has 1 aromatic carbocycles. The highest BCUT2D eigenvalue weighted by atomic mass is 32.2. The van der Waals surface area contributed by atoms with E-state index in [4.69, 9.17) is 0 Å². The van der Waals surface area contributed by atoms with Crippen LogP contribution in [0.15, 0.2) is 40.6 Å². The highest BCUT2D eigenvalue weighted by Gasteiger charge is 2.21. The lowest BCUT2D eigenvalue weighted by Crippen LogP contribution is -2.23. The summed E-state index contributed by atoms with van der Waals surface area (Å²) in [6.07, 6.45) is 1.58. The zero-order valence-electron chi connectivity index (χ0n) is 10.9. The lowest BCUT2D eigenvalue weighted by molar-refractivity contribution is 0.584. The molecule has 1 unspecified atom stereocenters. The van der Waals surface area contributed by atoms with Crippen molar-refractivity contribution < 1.29 is 16.8 Å². The Balaban J connectivity index is 2.08. The first-order valence-corrected chi connectivity index (χ1v) is 9.29. The molecule has 0 bridgehead atoms. The van der Waals surface area contributed by atoms with Gasteiger partial charge in [-0.3, -0.25) is 0 Å². The molecule has 6 nitrogen and oxygen atoms in total. The molecule has 8 heteroatoms. The van der Waals surface area contributed by atoms with Crippen LogP contribution in [0.5, 0.6) is 0 Å². The maximum absolute atomic E-state index is 11.8. The molecule has 0 saturated heterocycles. The first-order chi connectivity index (χ1) is 9.32. The Morgan fingerprint density at radius 1 is 1.25 bits per heavy atom. The SMILES string of the molecule is CCNS(=O)(=O)c1ccc(NC2C=CS(=O)(=O)C2)cc1. The number of rotatable bonds is 5. The summed E-state index contributed by atoms with van der Waals surface area (Å²) in [6.45, 7) is 2.04. The van der Waals surface area contributed by atoms with Crippen molar-refractivity contribution in [3.63, 3.8) is 0 Å². The summed E-state index contributed by atoms with van der Waals surface area (Å²) in [6, 6.07) is 5.91. The fourth-order valence-electron chi connectivity index (χ4n) is 1.88. The lowest BCUT2D eigenvalue weighted by Gasteiger charge is -2.12. The van der Waals surface area contributed by atoms with E-state index >= 15 is 0 Å². The molecule has 1 aromatic rings. The number of sulfonamides is 1. The number of hydrogen-bond acceptors (Lipinski definition) is 5. The van der Waals surface area contributed by atoms with Crippen molar-refractivity contribution in [2.45, 2.75) is 17.9 Å². The molecule has 0 amide bonds. The van der Waals surface area contributed by atoms with Gasteiger partial charge >= 0.3 is 0 Å². The van der Waals surface area contributed by atoms with E-state index in [-0.39, 0.29) is 16.7 Å². The molecule has 0 saturated carbocycles. The van der Waals surface area contributed by atoms with E-state index in [2.05, 4.69) is 10.0 Å². The van der Waals surface area contributed by atoms with Gasteiger partial charge in [0.25, 0.3) is 0 Å². The molecule has 2 N–H and O–H groups in total. The normalized spacial score (nSPS) is 20.9. The topological polar surface area (TPSA) is 92.3 Å². The minimum Gasteiger partial charge on any atom is -0.378 e. The third-order valence-corrected chi connectivity index (χ3v) is 5.74. The first kappa shape index (κ1) is 15.0. The van der Waals surface area contributed by atoms with Gasteiger partial charge in [0.05, 0.1) is 16.7 Å². The number of anilines is 1. The monoisotopic (exact) mass is 316 g/mol. The summed E-state index contributed by atoms with van der Waals surface area (Å²) < 4.78 is 48.5. The van der Waals surface area contributed by atoms with Crippen molar-refractivity contribution in [3.8, 4) is 0 Å². The molecule has 20 heavy (non-hydrogen) atoms. The van der Waals surface area contributed by atoms with Gasteiger partial charge < -0.3 is 5.32 Å². The van der Waals surface area contributed by atoms with Crippen LogP contribution in [0.4, 0.5) is 5.69 Å². The molecule has 0 aromatic heterocycles. The lowest BCUT2D eigenvalue weighted by atomic mass is 10.2. The van der Waals surface area contributed by atoms with Crippen LogP contribution >= 0.6 is 0 Å². The molecular weight excluding hydrogens is 300 g/mol. The van der Waals surface area contributed by atoms with Gasteiger partial charge in [-0.05, 0) is 24.3 Å². The minimum atomic E-state index is -3.46. The van der Waals surface area contributed by atoms with E-state index < -0.39 is 19.9 Å². The number of hydrogen-bond donors (Lipinski definition) is 2. The Morgan fingerprint density at radius 2 is 1.90 bits per heavy atom. The van der Waals surface area contributed by atoms with Crippen molar-refractivity contribution in [2.75, 3.05) is 17.6 Å². The summed E-state index contributed by atoms with van der Waals surface area (Å²) in [7, 11) is -6.56. The van der Waals surface area contributed by atoms with Gasteiger partial charge in [0.2, 0.25) is 10.0 Å². The smallest absolute Gasteiger partial charge is 0.240 e. The van der Waals surface area contributed by atoms with Crippen molar-refractivity contribution in [2.24, 2.45) is 0 Å². The predicted molar refractivity (Wildman–Crippen MR) is 77.6 cm³/mol. The fourth-order valence-corrected chi connectivity index (χ4v) is 4.16. The van der Waals surface area contributed by atoms with Crippen LogP contribution in [0.2, 0.25) is 0 Å². The maximum atomic E-state index is 11.8. The Hall–Kier alpha value is -1.38. The van der Waals surface area contributed by atoms with E-state index in [9.17, 15) is 16.8 Å². The number of sulfone groups is 1. The zero-order chi connectivity index (χ0) is 14.8. The molecule has 1 aliphatic heterocycles. The standard InChI is InChI=1S/C12H16N2O4S2/c1-2-13-20(17,18)12-5-3-10(4-6-12)14-11-7-8-19(15,16)9-11/h3-8,11,13-14H,2,9H2,1H3. The molecule has 110 valence electrons. The van der Waals surface area contributed by atoms with Crippen LogP contribution in [0.3, 0.4) is 0 Å². The Bertz CT molecular complexity index is 706. The molecule has 1 aliphatic rings. The van der Waals surface area contributed by atoms with Gasteiger partial charge in [-0.25, -0.2) is 21.6 Å². The Kier molecular flexibility index (Phi) is 4.17. The fraction of sp³-hybridized carbons (Fsp3) is 0.333. The van der Waals surface area contributed by atoms with Crippen molar-refractivity contribution in [1.29, 1.82) is 0 Å². The Morgan fingerprint density at radius 3 is 2.40 bits per heavy atom. The van der Waals surface area contributed by atoms with Gasteiger partial charge in [-0.2, -0.15) is 0 Å². The summed E-state index contributed by atoms with van der Waals surface area (Å²) in [5.74, 6) is 0.0183. The summed E-state index contributed by atoms with van der Waals surface area (Å²) in [4.78, 5) is 0.180. The van der Waals surface area contributed by atoms with Gasteiger partial charge in [-0.15, -0.1) is 0 Å². The van der Waals surface area contributed by atoms with E-state index in [1.165, 1.54) is 17.5 Å². The van der Waals surface area contributed by atoms with Gasteiger partial charge in [0, 0.05) is 17.6 Å². The predicted octanol–water partition coefficient (Wildman–Crippen LogP) is 0.707. The molecule has 1 heterocycles. The van der Waals surface area contributed by atoms with E-state index in [1.807, 2.05) is 0 Å². The second kappa shape index (κ2) is 5.55.